The normalized spacial score (nSPS) is 23.4. The third kappa shape index (κ3) is 1.94. The molecule has 1 heterocycles. The van der Waals surface area contributed by atoms with Gasteiger partial charge in [-0.1, -0.05) is 0 Å². The van der Waals surface area contributed by atoms with E-state index in [0.29, 0.717) is 0 Å². The second-order valence-corrected chi connectivity index (χ2v) is 3.51. The summed E-state index contributed by atoms with van der Waals surface area (Å²) in [6.45, 7) is 3.35. The number of carbonyl (C=O) groups excluding carboxylic acids is 2. The van der Waals surface area contributed by atoms with Crippen molar-refractivity contribution in [2.45, 2.75) is 12.5 Å². The van der Waals surface area contributed by atoms with Gasteiger partial charge < -0.3 is 19.3 Å². The minimum absolute atomic E-state index is 0.00458. The number of aliphatic hydroxyl groups excluding tert-OH is 1. The zero-order valence-corrected chi connectivity index (χ0v) is 9.06. The highest BCUT2D eigenvalue weighted by atomic mass is 16.6. The molecule has 1 unspecified atom stereocenters. The lowest BCUT2D eigenvalue weighted by atomic mass is 10.0. The number of hydrogen-bond donors (Lipinski definition) is 1. The molecule has 0 spiro atoms. The van der Waals surface area contributed by atoms with Crippen LogP contribution in [0.25, 0.3) is 0 Å². The van der Waals surface area contributed by atoms with Crippen molar-refractivity contribution in [1.82, 2.24) is 0 Å². The van der Waals surface area contributed by atoms with E-state index in [1.165, 1.54) is 13.2 Å². The molecule has 0 amide bonds. The van der Waals surface area contributed by atoms with Crippen molar-refractivity contribution in [3.8, 4) is 0 Å². The van der Waals surface area contributed by atoms with Gasteiger partial charge in [0.2, 0.25) is 5.76 Å². The number of ether oxygens (including phenoxy) is 3. The second kappa shape index (κ2) is 4.06. The van der Waals surface area contributed by atoms with E-state index in [1.807, 2.05) is 0 Å². The van der Waals surface area contributed by atoms with Gasteiger partial charge in [-0.15, -0.1) is 0 Å². The fraction of sp³-hybridized carbons (Fsp3) is 0.273. The Labute approximate surface area is 96.8 Å². The Balaban J connectivity index is 2.28. The van der Waals surface area contributed by atoms with Crippen molar-refractivity contribution in [3.05, 3.63) is 35.5 Å². The van der Waals surface area contributed by atoms with Crippen molar-refractivity contribution >= 4 is 11.9 Å². The van der Waals surface area contributed by atoms with Crippen LogP contribution >= 0.6 is 0 Å². The number of esters is 2. The molecule has 6 nitrogen and oxygen atoms in total. The van der Waals surface area contributed by atoms with E-state index in [1.54, 1.807) is 0 Å². The standard InChI is InChI=1S/C11H10O6/c1-5-10(13)17-9-7(12)3-6(11(14)15-2)4-8(9)16-5/h3,7,12H,1,4H2,2H3. The van der Waals surface area contributed by atoms with E-state index >= 15 is 0 Å². The molecule has 0 saturated carbocycles. The Hall–Kier alpha value is -2.08. The van der Waals surface area contributed by atoms with Crippen LogP contribution in [0.3, 0.4) is 0 Å². The Morgan fingerprint density at radius 3 is 2.94 bits per heavy atom. The average molecular weight is 238 g/mol. The third-order valence-corrected chi connectivity index (χ3v) is 2.38. The number of aliphatic hydroxyl groups is 1. The van der Waals surface area contributed by atoms with Crippen molar-refractivity contribution in [2.75, 3.05) is 7.11 Å². The lowest BCUT2D eigenvalue weighted by molar-refractivity contribution is -0.143. The Morgan fingerprint density at radius 1 is 1.59 bits per heavy atom. The molecular weight excluding hydrogens is 228 g/mol. The molecule has 0 saturated heterocycles. The summed E-state index contributed by atoms with van der Waals surface area (Å²) in [6.07, 6.45) is 0.144. The Kier molecular flexibility index (Phi) is 2.72. The highest BCUT2D eigenvalue weighted by Crippen LogP contribution is 2.32. The number of allylic oxidation sites excluding steroid dienone is 1. The fourth-order valence-corrected chi connectivity index (χ4v) is 1.57. The van der Waals surface area contributed by atoms with Gasteiger partial charge >= 0.3 is 11.9 Å². The lowest BCUT2D eigenvalue weighted by Crippen LogP contribution is -2.28. The van der Waals surface area contributed by atoms with Crippen molar-refractivity contribution in [3.63, 3.8) is 0 Å². The van der Waals surface area contributed by atoms with E-state index < -0.39 is 18.0 Å². The summed E-state index contributed by atoms with van der Waals surface area (Å²) in [5.41, 5.74) is 0.240. The first-order valence-corrected chi connectivity index (χ1v) is 4.82. The largest absolute Gasteiger partial charge is 0.466 e. The number of carbonyl (C=O) groups is 2. The molecule has 1 aliphatic carbocycles. The molecule has 0 radical (unpaired) electrons. The molecule has 0 aromatic carbocycles. The molecule has 0 aromatic heterocycles. The predicted molar refractivity (Wildman–Crippen MR) is 54.1 cm³/mol. The SMILES string of the molecule is C=C1OC2=C(OC1=O)C(O)C=C(C(=O)OC)C2. The quantitative estimate of drug-likeness (QED) is 0.517. The van der Waals surface area contributed by atoms with E-state index in [0.717, 1.165) is 0 Å². The van der Waals surface area contributed by atoms with Gasteiger partial charge in [0.1, 0.15) is 6.10 Å². The van der Waals surface area contributed by atoms with Crippen LogP contribution in [0.1, 0.15) is 6.42 Å². The molecule has 90 valence electrons. The summed E-state index contributed by atoms with van der Waals surface area (Å²) in [5, 5.41) is 9.69. The fourth-order valence-electron chi connectivity index (χ4n) is 1.57. The Morgan fingerprint density at radius 2 is 2.29 bits per heavy atom. The van der Waals surface area contributed by atoms with Gasteiger partial charge in [-0.2, -0.15) is 0 Å². The zero-order valence-electron chi connectivity index (χ0n) is 9.06. The summed E-state index contributed by atoms with van der Waals surface area (Å²) in [7, 11) is 1.24. The molecule has 17 heavy (non-hydrogen) atoms. The van der Waals surface area contributed by atoms with Gasteiger partial charge in [-0.25, -0.2) is 9.59 Å². The second-order valence-electron chi connectivity index (χ2n) is 3.51. The van der Waals surface area contributed by atoms with Gasteiger partial charge in [0.15, 0.2) is 11.5 Å². The molecule has 0 bridgehead atoms. The van der Waals surface area contributed by atoms with Crippen LogP contribution in [-0.4, -0.2) is 30.3 Å². The van der Waals surface area contributed by atoms with Crippen LogP contribution in [0.15, 0.2) is 35.5 Å². The van der Waals surface area contributed by atoms with E-state index in [9.17, 15) is 14.7 Å². The minimum Gasteiger partial charge on any atom is -0.466 e. The summed E-state index contributed by atoms with van der Waals surface area (Å²) < 4.78 is 14.5. The summed E-state index contributed by atoms with van der Waals surface area (Å²) in [6, 6.07) is 0. The van der Waals surface area contributed by atoms with E-state index in [4.69, 9.17) is 9.47 Å². The molecular formula is C11H10O6. The topological polar surface area (TPSA) is 82.1 Å². The minimum atomic E-state index is -1.20. The number of rotatable bonds is 1. The highest BCUT2D eigenvalue weighted by Gasteiger charge is 2.34. The molecule has 2 aliphatic rings. The smallest absolute Gasteiger partial charge is 0.378 e. The maximum Gasteiger partial charge on any atom is 0.378 e. The van der Waals surface area contributed by atoms with Crippen LogP contribution in [0.2, 0.25) is 0 Å². The molecule has 1 atom stereocenters. The van der Waals surface area contributed by atoms with Gasteiger partial charge in [0, 0.05) is 12.0 Å². The van der Waals surface area contributed by atoms with Crippen LogP contribution in [0.5, 0.6) is 0 Å². The summed E-state index contributed by atoms with van der Waals surface area (Å²) in [4.78, 5) is 22.5. The van der Waals surface area contributed by atoms with Gasteiger partial charge in [0.25, 0.3) is 0 Å². The molecule has 0 fully saturated rings. The van der Waals surface area contributed by atoms with Gasteiger partial charge in [-0.05, 0) is 12.7 Å². The first kappa shape index (κ1) is 11.4. The van der Waals surface area contributed by atoms with Crippen LogP contribution in [-0.2, 0) is 23.8 Å². The maximum atomic E-state index is 11.3. The maximum absolute atomic E-state index is 11.3. The monoisotopic (exact) mass is 238 g/mol. The van der Waals surface area contributed by atoms with Crippen LogP contribution in [0.4, 0.5) is 0 Å². The van der Waals surface area contributed by atoms with Crippen molar-refractivity contribution in [2.24, 2.45) is 0 Å². The molecule has 1 aliphatic heterocycles. The van der Waals surface area contributed by atoms with E-state index in [-0.39, 0.29) is 29.3 Å². The number of hydrogen-bond acceptors (Lipinski definition) is 6. The van der Waals surface area contributed by atoms with Crippen molar-refractivity contribution in [1.29, 1.82) is 0 Å². The van der Waals surface area contributed by atoms with Gasteiger partial charge in [0.05, 0.1) is 7.11 Å². The third-order valence-electron chi connectivity index (χ3n) is 2.38. The van der Waals surface area contributed by atoms with Crippen LogP contribution in [0, 0.1) is 0 Å². The molecule has 2 rings (SSSR count). The zero-order chi connectivity index (χ0) is 12.6. The van der Waals surface area contributed by atoms with Crippen LogP contribution < -0.4 is 0 Å². The molecule has 6 heteroatoms. The first-order chi connectivity index (χ1) is 8.02. The lowest BCUT2D eigenvalue weighted by Gasteiger charge is -2.26. The summed E-state index contributed by atoms with van der Waals surface area (Å²) >= 11 is 0. The van der Waals surface area contributed by atoms with Crippen molar-refractivity contribution < 1.29 is 28.9 Å². The Bertz CT molecular complexity index is 470. The predicted octanol–water partition coefficient (Wildman–Crippen LogP) is 0.149. The van der Waals surface area contributed by atoms with Gasteiger partial charge in [-0.3, -0.25) is 0 Å². The summed E-state index contributed by atoms with van der Waals surface area (Å²) in [5.74, 6) is -1.30. The first-order valence-electron chi connectivity index (χ1n) is 4.82. The highest BCUT2D eigenvalue weighted by molar-refractivity contribution is 5.91. The average Bonchev–Trinajstić information content (AvgIpc) is 2.30. The van der Waals surface area contributed by atoms with E-state index in [2.05, 4.69) is 11.3 Å². The number of methoxy groups -OCH3 is 1. The molecule has 0 aromatic rings. The molecule has 1 N–H and O–H groups in total.